The Bertz CT molecular complexity index is 390. The van der Waals surface area contributed by atoms with Gasteiger partial charge in [-0.2, -0.15) is 0 Å². The molecule has 94 valence electrons. The Morgan fingerprint density at radius 2 is 2.12 bits per heavy atom. The summed E-state index contributed by atoms with van der Waals surface area (Å²) in [6, 6.07) is 8.47. The molecule has 1 fully saturated rings. The number of benzene rings is 1. The smallest absolute Gasteiger partial charge is 0.0515 e. The first-order valence-electron chi connectivity index (χ1n) is 6.29. The van der Waals surface area contributed by atoms with Crippen LogP contribution in [0.15, 0.2) is 28.7 Å². The van der Waals surface area contributed by atoms with Crippen LogP contribution >= 0.6 is 15.9 Å². The molecule has 0 aromatic heterocycles. The van der Waals surface area contributed by atoms with Crippen LogP contribution in [0.5, 0.6) is 0 Å². The summed E-state index contributed by atoms with van der Waals surface area (Å²) in [6.07, 6.45) is 2.36. The van der Waals surface area contributed by atoms with Crippen molar-refractivity contribution in [3.05, 3.63) is 28.7 Å². The zero-order valence-corrected chi connectivity index (χ0v) is 12.2. The highest BCUT2D eigenvalue weighted by Crippen LogP contribution is 2.41. The molecular formula is C14H21BrN2. The molecule has 1 unspecified atom stereocenters. The minimum Gasteiger partial charge on any atom is -0.365 e. The van der Waals surface area contributed by atoms with Gasteiger partial charge in [0, 0.05) is 16.6 Å². The van der Waals surface area contributed by atoms with Gasteiger partial charge >= 0.3 is 0 Å². The molecule has 1 saturated heterocycles. The molecule has 1 aromatic rings. The van der Waals surface area contributed by atoms with Crippen molar-refractivity contribution in [1.82, 2.24) is 0 Å². The van der Waals surface area contributed by atoms with Gasteiger partial charge in [-0.1, -0.05) is 12.1 Å². The van der Waals surface area contributed by atoms with Crippen LogP contribution in [0.25, 0.3) is 0 Å². The first-order chi connectivity index (χ1) is 8.07. The Labute approximate surface area is 112 Å². The zero-order chi connectivity index (χ0) is 12.5. The monoisotopic (exact) mass is 296 g/mol. The minimum atomic E-state index is 0.198. The molecule has 0 bridgehead atoms. The number of nitrogens with zero attached hydrogens (tertiary/aromatic N) is 1. The Kier molecular flexibility index (Phi) is 3.79. The molecule has 0 saturated carbocycles. The van der Waals surface area contributed by atoms with E-state index < -0.39 is 0 Å². The van der Waals surface area contributed by atoms with E-state index >= 15 is 0 Å². The maximum Gasteiger partial charge on any atom is 0.0515 e. The Morgan fingerprint density at radius 1 is 1.41 bits per heavy atom. The lowest BCUT2D eigenvalue weighted by Crippen LogP contribution is -2.43. The fourth-order valence-corrected chi connectivity index (χ4v) is 3.45. The molecule has 0 spiro atoms. The molecule has 1 atom stereocenters. The Balaban J connectivity index is 2.27. The van der Waals surface area contributed by atoms with Crippen molar-refractivity contribution in [2.45, 2.75) is 32.2 Å². The van der Waals surface area contributed by atoms with Crippen LogP contribution in [0, 0.1) is 5.92 Å². The highest BCUT2D eigenvalue weighted by atomic mass is 79.9. The molecule has 0 amide bonds. The van der Waals surface area contributed by atoms with Crippen LogP contribution in [-0.4, -0.2) is 18.6 Å². The summed E-state index contributed by atoms with van der Waals surface area (Å²) in [7, 11) is 0. The summed E-state index contributed by atoms with van der Waals surface area (Å²) < 4.78 is 1.18. The first-order valence-corrected chi connectivity index (χ1v) is 7.09. The fourth-order valence-electron chi connectivity index (χ4n) is 2.95. The summed E-state index contributed by atoms with van der Waals surface area (Å²) in [4.78, 5) is 2.51. The number of anilines is 1. The van der Waals surface area contributed by atoms with E-state index in [0.29, 0.717) is 5.92 Å². The molecule has 1 aliphatic heterocycles. The quantitative estimate of drug-likeness (QED) is 0.926. The average Bonchev–Trinajstić information content (AvgIpc) is 2.57. The van der Waals surface area contributed by atoms with Gasteiger partial charge < -0.3 is 10.6 Å². The maximum atomic E-state index is 5.72. The molecule has 0 radical (unpaired) electrons. The third kappa shape index (κ3) is 2.36. The number of nitrogens with two attached hydrogens (primary N) is 1. The fraction of sp³-hybridized carbons (Fsp3) is 0.571. The number of hydrogen-bond acceptors (Lipinski definition) is 2. The Hall–Kier alpha value is -0.540. The van der Waals surface area contributed by atoms with Crippen molar-refractivity contribution in [2.75, 3.05) is 18.0 Å². The van der Waals surface area contributed by atoms with Crippen LogP contribution in [0.3, 0.4) is 0 Å². The number of para-hydroxylation sites is 1. The van der Waals surface area contributed by atoms with E-state index in [-0.39, 0.29) is 5.54 Å². The van der Waals surface area contributed by atoms with Gasteiger partial charge in [-0.3, -0.25) is 0 Å². The van der Waals surface area contributed by atoms with Crippen LogP contribution in [0.2, 0.25) is 0 Å². The minimum absolute atomic E-state index is 0.198. The van der Waals surface area contributed by atoms with Crippen LogP contribution < -0.4 is 10.6 Å². The lowest BCUT2D eigenvalue weighted by molar-refractivity contribution is 0.348. The van der Waals surface area contributed by atoms with E-state index in [9.17, 15) is 0 Å². The van der Waals surface area contributed by atoms with Crippen LogP contribution in [0.1, 0.15) is 26.7 Å². The van der Waals surface area contributed by atoms with Gasteiger partial charge in [0.05, 0.1) is 5.69 Å². The Morgan fingerprint density at radius 3 is 2.76 bits per heavy atom. The normalized spacial score (nSPS) is 23.1. The molecule has 2 nitrogen and oxygen atoms in total. The van der Waals surface area contributed by atoms with E-state index in [2.05, 4.69) is 58.9 Å². The number of rotatable bonds is 3. The molecule has 0 aliphatic carbocycles. The summed E-state index contributed by atoms with van der Waals surface area (Å²) >= 11 is 3.65. The molecule has 1 aromatic carbocycles. The van der Waals surface area contributed by atoms with Crippen LogP contribution in [-0.2, 0) is 0 Å². The SMILES string of the molecule is CC1(C)C(CCN)CCN1c1ccccc1Br. The lowest BCUT2D eigenvalue weighted by atomic mass is 9.85. The van der Waals surface area contributed by atoms with Gasteiger partial charge in [0.25, 0.3) is 0 Å². The highest BCUT2D eigenvalue weighted by Gasteiger charge is 2.40. The molecule has 17 heavy (non-hydrogen) atoms. The predicted octanol–water partition coefficient (Wildman–Crippen LogP) is 3.40. The summed E-state index contributed by atoms with van der Waals surface area (Å²) in [5.74, 6) is 0.694. The largest absolute Gasteiger partial charge is 0.365 e. The van der Waals surface area contributed by atoms with Gasteiger partial charge in [-0.25, -0.2) is 0 Å². The van der Waals surface area contributed by atoms with E-state index in [0.717, 1.165) is 19.5 Å². The highest BCUT2D eigenvalue weighted by molar-refractivity contribution is 9.10. The zero-order valence-electron chi connectivity index (χ0n) is 10.6. The van der Waals surface area contributed by atoms with Crippen molar-refractivity contribution in [1.29, 1.82) is 0 Å². The number of hydrogen-bond donors (Lipinski definition) is 1. The summed E-state index contributed by atoms with van der Waals surface area (Å²) in [5, 5.41) is 0. The second-order valence-corrected chi connectivity index (χ2v) is 6.17. The van der Waals surface area contributed by atoms with Crippen molar-refractivity contribution >= 4 is 21.6 Å². The van der Waals surface area contributed by atoms with E-state index in [1.165, 1.54) is 16.6 Å². The molecule has 1 heterocycles. The summed E-state index contributed by atoms with van der Waals surface area (Å²) in [5.41, 5.74) is 7.22. The summed E-state index contributed by atoms with van der Waals surface area (Å²) in [6.45, 7) is 6.58. The molecule has 2 N–H and O–H groups in total. The molecule has 1 aliphatic rings. The van der Waals surface area contributed by atoms with Gasteiger partial charge in [0.15, 0.2) is 0 Å². The third-order valence-corrected chi connectivity index (χ3v) is 4.72. The molecule has 2 rings (SSSR count). The van der Waals surface area contributed by atoms with E-state index in [4.69, 9.17) is 5.73 Å². The van der Waals surface area contributed by atoms with Crippen molar-refractivity contribution in [3.8, 4) is 0 Å². The molecular weight excluding hydrogens is 276 g/mol. The first kappa shape index (κ1) is 12.9. The third-order valence-electron chi connectivity index (χ3n) is 4.05. The number of halogens is 1. The van der Waals surface area contributed by atoms with E-state index in [1.54, 1.807) is 0 Å². The van der Waals surface area contributed by atoms with E-state index in [1.807, 2.05) is 0 Å². The second-order valence-electron chi connectivity index (χ2n) is 5.32. The van der Waals surface area contributed by atoms with Crippen LogP contribution in [0.4, 0.5) is 5.69 Å². The standard InChI is InChI=1S/C14H21BrN2/c1-14(2)11(7-9-16)8-10-17(14)13-6-4-3-5-12(13)15/h3-6,11H,7-10,16H2,1-2H3. The van der Waals surface area contributed by atoms with Crippen molar-refractivity contribution in [2.24, 2.45) is 11.7 Å². The lowest BCUT2D eigenvalue weighted by Gasteiger charge is -2.38. The van der Waals surface area contributed by atoms with Gasteiger partial charge in [0.1, 0.15) is 0 Å². The van der Waals surface area contributed by atoms with Crippen molar-refractivity contribution in [3.63, 3.8) is 0 Å². The van der Waals surface area contributed by atoms with Gasteiger partial charge in [-0.05, 0) is 67.2 Å². The maximum absolute atomic E-state index is 5.72. The van der Waals surface area contributed by atoms with Crippen molar-refractivity contribution < 1.29 is 0 Å². The second kappa shape index (κ2) is 4.99. The molecule has 3 heteroatoms. The van der Waals surface area contributed by atoms with Gasteiger partial charge in [0.2, 0.25) is 0 Å². The topological polar surface area (TPSA) is 29.3 Å². The van der Waals surface area contributed by atoms with Gasteiger partial charge in [-0.15, -0.1) is 0 Å². The average molecular weight is 297 g/mol. The predicted molar refractivity (Wildman–Crippen MR) is 77.3 cm³/mol.